The van der Waals surface area contributed by atoms with E-state index in [0.717, 1.165) is 6.42 Å². The van der Waals surface area contributed by atoms with Crippen molar-refractivity contribution in [3.8, 4) is 0 Å². The minimum atomic E-state index is -0.228. The van der Waals surface area contributed by atoms with Crippen molar-refractivity contribution in [1.82, 2.24) is 10.4 Å². The Hall–Kier alpha value is -1.03. The Balaban J connectivity index is 2.01. The molecule has 1 aliphatic heterocycles. The summed E-state index contributed by atoms with van der Waals surface area (Å²) in [5, 5.41) is 1.73. The number of rotatable bonds is 6. The summed E-state index contributed by atoms with van der Waals surface area (Å²) in [5.74, 6) is 1.03. The molecule has 20 heavy (non-hydrogen) atoms. The summed E-state index contributed by atoms with van der Waals surface area (Å²) in [7, 11) is 0. The highest BCUT2D eigenvalue weighted by atomic mass is 16.6. The van der Waals surface area contributed by atoms with Crippen molar-refractivity contribution in [2.45, 2.75) is 64.5 Å². The van der Waals surface area contributed by atoms with Gasteiger partial charge >= 0.3 is 6.09 Å². The SMILES string of the molecule is C=CC[C@H](NN1C(=O)OC[C@@H]1C(C)C)C1CCCCC1. The maximum absolute atomic E-state index is 11.9. The predicted molar refractivity (Wildman–Crippen MR) is 80.1 cm³/mol. The van der Waals surface area contributed by atoms with Crippen LogP contribution < -0.4 is 5.43 Å². The molecule has 0 aromatic rings. The zero-order valence-electron chi connectivity index (χ0n) is 12.8. The zero-order valence-corrected chi connectivity index (χ0v) is 12.8. The Morgan fingerprint density at radius 3 is 2.70 bits per heavy atom. The van der Waals surface area contributed by atoms with Crippen molar-refractivity contribution in [3.63, 3.8) is 0 Å². The lowest BCUT2D eigenvalue weighted by molar-refractivity contribution is 0.102. The average Bonchev–Trinajstić information content (AvgIpc) is 2.81. The molecule has 1 aliphatic carbocycles. The van der Waals surface area contributed by atoms with E-state index in [1.807, 2.05) is 6.08 Å². The molecule has 0 radical (unpaired) electrons. The van der Waals surface area contributed by atoms with Gasteiger partial charge in [-0.05, 0) is 31.1 Å². The maximum Gasteiger partial charge on any atom is 0.424 e. The highest BCUT2D eigenvalue weighted by Gasteiger charge is 2.37. The summed E-state index contributed by atoms with van der Waals surface area (Å²) < 4.78 is 5.20. The summed E-state index contributed by atoms with van der Waals surface area (Å²) in [6.45, 7) is 8.62. The molecular formula is C16H28N2O2. The molecule has 0 aromatic carbocycles. The quantitative estimate of drug-likeness (QED) is 0.757. The monoisotopic (exact) mass is 280 g/mol. The Morgan fingerprint density at radius 1 is 1.40 bits per heavy atom. The molecule has 4 heteroatoms. The van der Waals surface area contributed by atoms with Crippen molar-refractivity contribution in [1.29, 1.82) is 0 Å². The Bertz CT molecular complexity index is 337. The number of amides is 1. The third-order valence-corrected chi connectivity index (χ3v) is 4.62. The lowest BCUT2D eigenvalue weighted by atomic mass is 9.83. The van der Waals surface area contributed by atoms with Gasteiger partial charge in [0.15, 0.2) is 0 Å². The van der Waals surface area contributed by atoms with Crippen LogP contribution in [0, 0.1) is 11.8 Å². The van der Waals surface area contributed by atoms with E-state index in [1.54, 1.807) is 5.01 Å². The van der Waals surface area contributed by atoms with E-state index in [4.69, 9.17) is 4.74 Å². The number of hydrogen-bond donors (Lipinski definition) is 1. The second kappa shape index (κ2) is 7.11. The summed E-state index contributed by atoms with van der Waals surface area (Å²) in [5.41, 5.74) is 3.46. The van der Waals surface area contributed by atoms with Crippen LogP contribution in [-0.2, 0) is 4.74 Å². The van der Waals surface area contributed by atoms with Gasteiger partial charge in [-0.3, -0.25) is 0 Å². The predicted octanol–water partition coefficient (Wildman–Crippen LogP) is 3.49. The highest BCUT2D eigenvalue weighted by Crippen LogP contribution is 2.29. The summed E-state index contributed by atoms with van der Waals surface area (Å²) >= 11 is 0. The van der Waals surface area contributed by atoms with Crippen LogP contribution in [0.1, 0.15) is 52.4 Å². The van der Waals surface area contributed by atoms with Crippen molar-refractivity contribution in [2.24, 2.45) is 11.8 Å². The number of ether oxygens (including phenoxy) is 1. The van der Waals surface area contributed by atoms with Crippen LogP contribution >= 0.6 is 0 Å². The van der Waals surface area contributed by atoms with Crippen LogP contribution in [0.2, 0.25) is 0 Å². The number of nitrogens with one attached hydrogen (secondary N) is 1. The first kappa shape index (κ1) is 15.4. The number of hydrazine groups is 1. The molecule has 4 nitrogen and oxygen atoms in total. The van der Waals surface area contributed by atoms with Crippen molar-refractivity contribution in [3.05, 3.63) is 12.7 Å². The molecule has 0 aromatic heterocycles. The number of carbonyl (C=O) groups is 1. The number of nitrogens with zero attached hydrogens (tertiary/aromatic N) is 1. The van der Waals surface area contributed by atoms with Gasteiger partial charge in [0.1, 0.15) is 6.61 Å². The van der Waals surface area contributed by atoms with Gasteiger partial charge in [-0.15, -0.1) is 6.58 Å². The van der Waals surface area contributed by atoms with Crippen molar-refractivity contribution in [2.75, 3.05) is 6.61 Å². The second-order valence-corrected chi connectivity index (χ2v) is 6.42. The van der Waals surface area contributed by atoms with Gasteiger partial charge in [-0.2, -0.15) is 0 Å². The van der Waals surface area contributed by atoms with Gasteiger partial charge in [0.2, 0.25) is 0 Å². The highest BCUT2D eigenvalue weighted by molar-refractivity contribution is 5.69. The minimum Gasteiger partial charge on any atom is -0.446 e. The Kier molecular flexibility index (Phi) is 5.46. The van der Waals surface area contributed by atoms with Gasteiger partial charge in [0.05, 0.1) is 6.04 Å². The molecule has 2 fully saturated rings. The average molecular weight is 280 g/mol. The third-order valence-electron chi connectivity index (χ3n) is 4.62. The molecule has 1 amide bonds. The van der Waals surface area contributed by atoms with Crippen molar-refractivity contribution >= 4 is 6.09 Å². The molecule has 2 aliphatic rings. The Morgan fingerprint density at radius 2 is 2.10 bits per heavy atom. The van der Waals surface area contributed by atoms with Crippen LogP contribution in [-0.4, -0.2) is 29.8 Å². The molecule has 114 valence electrons. The van der Waals surface area contributed by atoms with Gasteiger partial charge in [0.25, 0.3) is 0 Å². The molecule has 1 heterocycles. The maximum atomic E-state index is 11.9. The molecule has 1 saturated heterocycles. The van der Waals surface area contributed by atoms with Crippen LogP contribution in [0.15, 0.2) is 12.7 Å². The van der Waals surface area contributed by atoms with E-state index in [-0.39, 0.29) is 12.1 Å². The van der Waals surface area contributed by atoms with Gasteiger partial charge in [-0.1, -0.05) is 39.2 Å². The lowest BCUT2D eigenvalue weighted by Crippen LogP contribution is -2.53. The molecule has 1 N–H and O–H groups in total. The molecule has 2 atom stereocenters. The normalized spacial score (nSPS) is 25.9. The van der Waals surface area contributed by atoms with Gasteiger partial charge < -0.3 is 4.74 Å². The summed E-state index contributed by atoms with van der Waals surface area (Å²) in [4.78, 5) is 11.9. The van der Waals surface area contributed by atoms with Gasteiger partial charge in [-0.25, -0.2) is 15.2 Å². The second-order valence-electron chi connectivity index (χ2n) is 6.42. The fourth-order valence-electron chi connectivity index (χ4n) is 3.32. The van der Waals surface area contributed by atoms with Crippen molar-refractivity contribution < 1.29 is 9.53 Å². The molecule has 0 unspecified atom stereocenters. The molecule has 0 spiro atoms. The number of carbonyl (C=O) groups excluding carboxylic acids is 1. The molecular weight excluding hydrogens is 252 g/mol. The largest absolute Gasteiger partial charge is 0.446 e. The first-order valence-electron chi connectivity index (χ1n) is 7.96. The van der Waals surface area contributed by atoms with E-state index >= 15 is 0 Å². The molecule has 2 rings (SSSR count). The smallest absolute Gasteiger partial charge is 0.424 e. The lowest BCUT2D eigenvalue weighted by Gasteiger charge is -2.35. The van der Waals surface area contributed by atoms with Crippen LogP contribution in [0.25, 0.3) is 0 Å². The van der Waals surface area contributed by atoms with Crippen LogP contribution in [0.3, 0.4) is 0 Å². The van der Waals surface area contributed by atoms with Gasteiger partial charge in [0, 0.05) is 6.04 Å². The first-order chi connectivity index (χ1) is 9.63. The third kappa shape index (κ3) is 3.54. The molecule has 0 bridgehead atoms. The topological polar surface area (TPSA) is 41.6 Å². The summed E-state index contributed by atoms with van der Waals surface area (Å²) in [6.07, 6.45) is 9.08. The van der Waals surface area contributed by atoms with E-state index in [9.17, 15) is 4.79 Å². The zero-order chi connectivity index (χ0) is 14.5. The number of cyclic esters (lactones) is 1. The fraction of sp³-hybridized carbons (Fsp3) is 0.812. The van der Waals surface area contributed by atoms with E-state index in [1.165, 1.54) is 32.1 Å². The van der Waals surface area contributed by atoms with E-state index in [2.05, 4.69) is 25.9 Å². The fourth-order valence-corrected chi connectivity index (χ4v) is 3.32. The first-order valence-corrected chi connectivity index (χ1v) is 7.96. The minimum absolute atomic E-state index is 0.137. The standard InChI is InChI=1S/C16H28N2O2/c1-4-8-14(13-9-6-5-7-10-13)17-18-15(12(2)3)11-20-16(18)19/h4,12-15,17H,1,5-11H2,2-3H3/t14-,15+/m0/s1. The number of hydrogen-bond acceptors (Lipinski definition) is 3. The van der Waals surface area contributed by atoms with Crippen LogP contribution in [0.4, 0.5) is 4.79 Å². The van der Waals surface area contributed by atoms with E-state index < -0.39 is 0 Å². The Labute approximate surface area is 122 Å². The summed E-state index contributed by atoms with van der Waals surface area (Å²) in [6, 6.07) is 0.443. The van der Waals surface area contributed by atoms with E-state index in [0.29, 0.717) is 24.5 Å². The molecule has 1 saturated carbocycles. The van der Waals surface area contributed by atoms with Crippen LogP contribution in [0.5, 0.6) is 0 Å².